The Kier molecular flexibility index (Phi) is 4.56. The average molecular weight is 390 g/mol. The summed E-state index contributed by atoms with van der Waals surface area (Å²) in [6, 6.07) is 6.18. The van der Waals surface area contributed by atoms with Gasteiger partial charge >= 0.3 is 0 Å². The maximum Gasteiger partial charge on any atom is 0.235 e. The van der Waals surface area contributed by atoms with E-state index in [4.69, 9.17) is 5.73 Å². The molecule has 4 rings (SSSR count). The average Bonchev–Trinajstić information content (AvgIpc) is 3.14. The first-order chi connectivity index (χ1) is 12.9. The highest BCUT2D eigenvalue weighted by Crippen LogP contribution is 2.35. The number of piperidine rings is 1. The standard InChI is InChI=1S/C18H20FN5O2S/c1-10-21-18-24(22-10)17(26)15(27-18)14(12-3-2-4-13(19)9-12)23-7-5-11(6-8-23)16(20)25/h2-4,9,11,14,26H,5-8H2,1H3,(H2,20,25)/p+1/t14-/m1/s1. The number of carbonyl (C=O) groups excluding carboxylic acids is 1. The van der Waals surface area contributed by atoms with Crippen LogP contribution in [-0.2, 0) is 4.79 Å². The highest BCUT2D eigenvalue weighted by atomic mass is 32.1. The van der Waals surface area contributed by atoms with Gasteiger partial charge in [0.2, 0.25) is 16.7 Å². The van der Waals surface area contributed by atoms with Crippen molar-refractivity contribution in [3.63, 3.8) is 0 Å². The minimum atomic E-state index is -0.321. The van der Waals surface area contributed by atoms with Crippen molar-refractivity contribution >= 4 is 22.2 Å². The van der Waals surface area contributed by atoms with E-state index >= 15 is 0 Å². The second-order valence-corrected chi connectivity index (χ2v) is 7.98. The molecule has 9 heteroatoms. The van der Waals surface area contributed by atoms with Gasteiger partial charge in [0.05, 0.1) is 13.1 Å². The van der Waals surface area contributed by atoms with Crippen LogP contribution in [0, 0.1) is 18.7 Å². The fraction of sp³-hybridized carbons (Fsp3) is 0.389. The lowest BCUT2D eigenvalue weighted by molar-refractivity contribution is -0.930. The van der Waals surface area contributed by atoms with Crippen molar-refractivity contribution in [1.29, 1.82) is 0 Å². The van der Waals surface area contributed by atoms with E-state index in [0.717, 1.165) is 10.5 Å². The van der Waals surface area contributed by atoms with Crippen molar-refractivity contribution < 1.29 is 19.2 Å². The first-order valence-electron chi connectivity index (χ1n) is 8.88. The van der Waals surface area contributed by atoms with Gasteiger partial charge in [0.15, 0.2) is 6.04 Å². The SMILES string of the molecule is Cc1nc2sc([C@@H](c3cccc(F)c3)[NH+]3CCC(C(N)=O)CC3)c(O)n2n1. The molecule has 3 heterocycles. The Hall–Kier alpha value is -2.52. The van der Waals surface area contributed by atoms with Crippen LogP contribution in [-0.4, -0.2) is 38.7 Å². The zero-order valence-corrected chi connectivity index (χ0v) is 15.7. The molecule has 2 aromatic heterocycles. The Morgan fingerprint density at radius 3 is 2.81 bits per heavy atom. The smallest absolute Gasteiger partial charge is 0.235 e. The van der Waals surface area contributed by atoms with E-state index in [1.165, 1.54) is 28.0 Å². The van der Waals surface area contributed by atoms with Crippen LogP contribution in [0.3, 0.4) is 0 Å². The molecule has 27 heavy (non-hydrogen) atoms. The fourth-order valence-corrected chi connectivity index (χ4v) is 5.04. The Morgan fingerprint density at radius 1 is 1.44 bits per heavy atom. The molecule has 1 saturated heterocycles. The molecule has 0 spiro atoms. The number of thiazole rings is 1. The highest BCUT2D eigenvalue weighted by Gasteiger charge is 2.36. The maximum absolute atomic E-state index is 13.9. The third-order valence-electron chi connectivity index (χ3n) is 5.19. The van der Waals surface area contributed by atoms with Crippen LogP contribution in [0.5, 0.6) is 5.88 Å². The summed E-state index contributed by atoms with van der Waals surface area (Å²) in [7, 11) is 0. The summed E-state index contributed by atoms with van der Waals surface area (Å²) >= 11 is 1.36. The first kappa shape index (κ1) is 17.9. The summed E-state index contributed by atoms with van der Waals surface area (Å²) in [4.78, 5) is 18.3. The van der Waals surface area contributed by atoms with Gasteiger partial charge in [0, 0.05) is 24.3 Å². The number of amides is 1. The zero-order chi connectivity index (χ0) is 19.1. The number of likely N-dealkylation sites (tertiary alicyclic amines) is 1. The minimum Gasteiger partial charge on any atom is -0.492 e. The van der Waals surface area contributed by atoms with Crippen molar-refractivity contribution in [2.24, 2.45) is 11.7 Å². The number of nitrogens with two attached hydrogens (primary N) is 1. The number of aromatic nitrogens is 3. The summed E-state index contributed by atoms with van der Waals surface area (Å²) in [6.07, 6.45) is 1.36. The van der Waals surface area contributed by atoms with Gasteiger partial charge in [-0.2, -0.15) is 4.52 Å². The summed E-state index contributed by atoms with van der Waals surface area (Å²) in [5.74, 6) is -0.0953. The maximum atomic E-state index is 13.9. The van der Waals surface area contributed by atoms with Crippen molar-refractivity contribution in [3.8, 4) is 5.88 Å². The molecule has 7 nitrogen and oxygen atoms in total. The van der Waals surface area contributed by atoms with Crippen LogP contribution in [0.15, 0.2) is 24.3 Å². The number of hydrogen-bond donors (Lipinski definition) is 3. The lowest BCUT2D eigenvalue weighted by Gasteiger charge is -2.33. The van der Waals surface area contributed by atoms with Crippen LogP contribution in [0.1, 0.15) is 35.1 Å². The van der Waals surface area contributed by atoms with Crippen LogP contribution in [0.25, 0.3) is 4.96 Å². The normalized spacial score (nSPS) is 21.4. The molecular weight excluding hydrogens is 369 g/mol. The van der Waals surface area contributed by atoms with Gasteiger partial charge in [-0.1, -0.05) is 23.5 Å². The molecule has 3 aromatic rings. The lowest BCUT2D eigenvalue weighted by Crippen LogP contribution is -3.13. The molecule has 1 atom stereocenters. The second kappa shape index (κ2) is 6.90. The van der Waals surface area contributed by atoms with Crippen LogP contribution in [0.4, 0.5) is 4.39 Å². The number of carbonyl (C=O) groups is 1. The van der Waals surface area contributed by atoms with E-state index < -0.39 is 0 Å². The topological polar surface area (TPSA) is 98.0 Å². The molecule has 142 valence electrons. The third kappa shape index (κ3) is 3.28. The van der Waals surface area contributed by atoms with Gasteiger partial charge < -0.3 is 15.7 Å². The van der Waals surface area contributed by atoms with Crippen molar-refractivity contribution in [1.82, 2.24) is 14.6 Å². The van der Waals surface area contributed by atoms with E-state index in [2.05, 4.69) is 10.1 Å². The third-order valence-corrected chi connectivity index (χ3v) is 6.27. The molecule has 4 N–H and O–H groups in total. The molecule has 1 fully saturated rings. The Labute approximate surface area is 159 Å². The molecule has 0 radical (unpaired) electrons. The van der Waals surface area contributed by atoms with Crippen LogP contribution in [0.2, 0.25) is 0 Å². The number of fused-ring (bicyclic) bond motifs is 1. The Morgan fingerprint density at radius 2 is 2.19 bits per heavy atom. The molecule has 0 unspecified atom stereocenters. The largest absolute Gasteiger partial charge is 0.492 e. The van der Waals surface area contributed by atoms with Crippen molar-refractivity contribution in [2.75, 3.05) is 13.1 Å². The van der Waals surface area contributed by atoms with Gasteiger partial charge in [-0.3, -0.25) is 4.79 Å². The zero-order valence-electron chi connectivity index (χ0n) is 14.9. The van der Waals surface area contributed by atoms with Crippen molar-refractivity contribution in [2.45, 2.75) is 25.8 Å². The fourth-order valence-electron chi connectivity index (χ4n) is 3.86. The molecule has 0 bridgehead atoms. The minimum absolute atomic E-state index is 0.0365. The number of hydrogen-bond acceptors (Lipinski definition) is 5. The van der Waals surface area contributed by atoms with E-state index in [1.54, 1.807) is 13.0 Å². The predicted octanol–water partition coefficient (Wildman–Crippen LogP) is 0.814. The molecule has 0 aliphatic carbocycles. The number of aryl methyl sites for hydroxylation is 1. The molecule has 0 saturated carbocycles. The monoisotopic (exact) mass is 390 g/mol. The molecule has 1 aliphatic heterocycles. The van der Waals surface area contributed by atoms with Crippen LogP contribution >= 0.6 is 11.3 Å². The first-order valence-corrected chi connectivity index (χ1v) is 9.70. The number of halogens is 1. The number of nitrogens with one attached hydrogen (secondary N) is 1. The van der Waals surface area contributed by atoms with Crippen molar-refractivity contribution in [3.05, 3.63) is 46.3 Å². The molecular formula is C18H21FN5O2S+. The summed E-state index contributed by atoms with van der Waals surface area (Å²) < 4.78 is 15.3. The Balaban J connectivity index is 1.75. The molecule has 1 amide bonds. The Bertz CT molecular complexity index is 993. The summed E-state index contributed by atoms with van der Waals surface area (Å²) in [5, 5.41) is 15.0. The summed E-state index contributed by atoms with van der Waals surface area (Å²) in [6.45, 7) is 3.19. The lowest BCUT2D eigenvalue weighted by atomic mass is 9.93. The van der Waals surface area contributed by atoms with Crippen LogP contribution < -0.4 is 10.6 Å². The number of rotatable bonds is 4. The number of primary amides is 1. The van der Waals surface area contributed by atoms with E-state index in [0.29, 0.717) is 41.6 Å². The van der Waals surface area contributed by atoms with Gasteiger partial charge in [0.25, 0.3) is 0 Å². The van der Waals surface area contributed by atoms with E-state index in [-0.39, 0.29) is 29.6 Å². The van der Waals surface area contributed by atoms with Gasteiger partial charge in [-0.25, -0.2) is 9.37 Å². The van der Waals surface area contributed by atoms with Gasteiger partial charge in [-0.05, 0) is 19.1 Å². The number of quaternary nitrogens is 1. The summed E-state index contributed by atoms with van der Waals surface area (Å²) in [5.41, 5.74) is 6.23. The number of nitrogens with zero attached hydrogens (tertiary/aromatic N) is 3. The van der Waals surface area contributed by atoms with Gasteiger partial charge in [-0.15, -0.1) is 5.10 Å². The predicted molar refractivity (Wildman–Crippen MR) is 98.1 cm³/mol. The second-order valence-electron chi connectivity index (χ2n) is 6.97. The highest BCUT2D eigenvalue weighted by molar-refractivity contribution is 7.17. The van der Waals surface area contributed by atoms with E-state index in [9.17, 15) is 14.3 Å². The van der Waals surface area contributed by atoms with Gasteiger partial charge in [0.1, 0.15) is 16.5 Å². The number of aromatic hydroxyl groups is 1. The molecule has 1 aromatic carbocycles. The van der Waals surface area contributed by atoms with E-state index in [1.807, 2.05) is 6.07 Å². The molecule has 1 aliphatic rings. The quantitative estimate of drug-likeness (QED) is 0.614. The number of benzene rings is 1.